The number of benzene rings is 2. The third kappa shape index (κ3) is 2.36. The molecule has 0 saturated carbocycles. The van der Waals surface area contributed by atoms with Gasteiger partial charge in [-0.25, -0.2) is 4.98 Å². The lowest BCUT2D eigenvalue weighted by molar-refractivity contribution is 0.949. The second-order valence-electron chi connectivity index (χ2n) is 5.49. The first-order valence-corrected chi connectivity index (χ1v) is 8.13. The molecule has 0 bridgehead atoms. The molecule has 1 aromatic heterocycles. The van der Waals surface area contributed by atoms with E-state index < -0.39 is 0 Å². The number of rotatable bonds is 2. The fraction of sp³-hybridized carbons (Fsp3) is 0.235. The first-order valence-electron chi connectivity index (χ1n) is 7.31. The van der Waals surface area contributed by atoms with Gasteiger partial charge in [0.05, 0.1) is 10.2 Å². The number of hydrogen-bond acceptors (Lipinski definition) is 4. The molecule has 0 atom stereocenters. The number of nitrogens with zero attached hydrogens (tertiary/aromatic N) is 2. The molecule has 3 aromatic rings. The molecule has 1 fully saturated rings. The zero-order valence-electron chi connectivity index (χ0n) is 11.7. The fourth-order valence-electron chi connectivity index (χ4n) is 2.88. The highest BCUT2D eigenvalue weighted by atomic mass is 32.1. The van der Waals surface area contributed by atoms with Crippen molar-refractivity contribution in [3.63, 3.8) is 0 Å². The van der Waals surface area contributed by atoms with Gasteiger partial charge in [-0.1, -0.05) is 12.1 Å². The summed E-state index contributed by atoms with van der Waals surface area (Å²) in [6.07, 6.45) is 2.59. The third-order valence-corrected chi connectivity index (χ3v) is 5.04. The third-order valence-electron chi connectivity index (χ3n) is 3.98. The maximum absolute atomic E-state index is 5.85. The summed E-state index contributed by atoms with van der Waals surface area (Å²) in [7, 11) is 0. The van der Waals surface area contributed by atoms with E-state index in [9.17, 15) is 0 Å². The maximum Gasteiger partial charge on any atom is 0.124 e. The minimum absolute atomic E-state index is 0.795. The Hall–Kier alpha value is -2.07. The van der Waals surface area contributed by atoms with Crippen LogP contribution >= 0.6 is 11.3 Å². The minimum Gasteiger partial charge on any atom is -0.399 e. The van der Waals surface area contributed by atoms with Crippen molar-refractivity contribution >= 4 is 32.9 Å². The number of aromatic nitrogens is 1. The fourth-order valence-corrected chi connectivity index (χ4v) is 3.89. The van der Waals surface area contributed by atoms with Crippen LogP contribution in [0.4, 0.5) is 11.4 Å². The zero-order valence-corrected chi connectivity index (χ0v) is 12.6. The monoisotopic (exact) mass is 295 g/mol. The second kappa shape index (κ2) is 5.04. The first kappa shape index (κ1) is 12.7. The van der Waals surface area contributed by atoms with Crippen LogP contribution in [0.1, 0.15) is 12.8 Å². The largest absolute Gasteiger partial charge is 0.399 e. The predicted molar refractivity (Wildman–Crippen MR) is 90.9 cm³/mol. The van der Waals surface area contributed by atoms with Crippen LogP contribution in [0.15, 0.2) is 42.5 Å². The molecule has 1 aliphatic rings. The Balaban J connectivity index is 1.75. The van der Waals surface area contributed by atoms with Gasteiger partial charge in [0.2, 0.25) is 0 Å². The Morgan fingerprint density at radius 2 is 1.90 bits per heavy atom. The van der Waals surface area contributed by atoms with Crippen molar-refractivity contribution in [3.8, 4) is 10.6 Å². The van der Waals surface area contributed by atoms with E-state index in [-0.39, 0.29) is 0 Å². The molecule has 106 valence electrons. The molecule has 21 heavy (non-hydrogen) atoms. The highest BCUT2D eigenvalue weighted by molar-refractivity contribution is 7.21. The standard InChI is InChI=1S/C17H17N3S/c18-13-6-7-15-16(11-13)21-17(19-15)12-4-3-5-14(10-12)20-8-1-2-9-20/h3-7,10-11H,1-2,8-9,18H2. The van der Waals surface area contributed by atoms with E-state index in [4.69, 9.17) is 10.7 Å². The number of fused-ring (bicyclic) bond motifs is 1. The molecule has 1 aliphatic heterocycles. The van der Waals surface area contributed by atoms with E-state index in [1.807, 2.05) is 18.2 Å². The average molecular weight is 295 g/mol. The van der Waals surface area contributed by atoms with Crippen molar-refractivity contribution in [1.29, 1.82) is 0 Å². The summed E-state index contributed by atoms with van der Waals surface area (Å²) in [5, 5.41) is 1.07. The molecule has 1 saturated heterocycles. The summed E-state index contributed by atoms with van der Waals surface area (Å²) in [4.78, 5) is 7.19. The SMILES string of the molecule is Nc1ccc2nc(-c3cccc(N4CCCC4)c3)sc2c1. The van der Waals surface area contributed by atoms with Gasteiger partial charge in [0, 0.05) is 30.0 Å². The average Bonchev–Trinajstić information content (AvgIpc) is 3.16. The molecule has 2 aromatic carbocycles. The lowest BCUT2D eigenvalue weighted by atomic mass is 10.2. The van der Waals surface area contributed by atoms with Gasteiger partial charge in [-0.2, -0.15) is 0 Å². The lowest BCUT2D eigenvalue weighted by Crippen LogP contribution is -2.17. The maximum atomic E-state index is 5.85. The lowest BCUT2D eigenvalue weighted by Gasteiger charge is -2.17. The van der Waals surface area contributed by atoms with Crippen LogP contribution < -0.4 is 10.6 Å². The van der Waals surface area contributed by atoms with E-state index >= 15 is 0 Å². The van der Waals surface area contributed by atoms with Gasteiger partial charge in [-0.3, -0.25) is 0 Å². The van der Waals surface area contributed by atoms with Crippen LogP contribution in [-0.4, -0.2) is 18.1 Å². The van der Waals surface area contributed by atoms with Gasteiger partial charge in [0.25, 0.3) is 0 Å². The number of hydrogen-bond donors (Lipinski definition) is 1. The smallest absolute Gasteiger partial charge is 0.124 e. The van der Waals surface area contributed by atoms with Crippen molar-refractivity contribution in [2.24, 2.45) is 0 Å². The van der Waals surface area contributed by atoms with Crippen LogP contribution in [0.25, 0.3) is 20.8 Å². The predicted octanol–water partition coefficient (Wildman–Crippen LogP) is 4.15. The zero-order chi connectivity index (χ0) is 14.2. The molecule has 3 nitrogen and oxygen atoms in total. The summed E-state index contributed by atoms with van der Waals surface area (Å²) >= 11 is 1.71. The van der Waals surface area contributed by atoms with Crippen molar-refractivity contribution < 1.29 is 0 Å². The van der Waals surface area contributed by atoms with Gasteiger partial charge < -0.3 is 10.6 Å². The Morgan fingerprint density at radius 3 is 2.76 bits per heavy atom. The molecule has 0 aliphatic carbocycles. The van der Waals surface area contributed by atoms with Crippen LogP contribution in [0, 0.1) is 0 Å². The van der Waals surface area contributed by atoms with Gasteiger partial charge in [-0.15, -0.1) is 11.3 Å². The number of thiazole rings is 1. The van der Waals surface area contributed by atoms with Crippen LogP contribution in [0.2, 0.25) is 0 Å². The van der Waals surface area contributed by atoms with Gasteiger partial charge in [0.1, 0.15) is 5.01 Å². The van der Waals surface area contributed by atoms with Gasteiger partial charge in [0.15, 0.2) is 0 Å². The summed E-state index contributed by atoms with van der Waals surface area (Å²) in [6.45, 7) is 2.33. The Labute approximate surface area is 128 Å². The summed E-state index contributed by atoms with van der Waals surface area (Å²) < 4.78 is 1.15. The van der Waals surface area contributed by atoms with Crippen molar-refractivity contribution in [2.75, 3.05) is 23.7 Å². The van der Waals surface area contributed by atoms with Crippen molar-refractivity contribution in [1.82, 2.24) is 4.98 Å². The van der Waals surface area contributed by atoms with Crippen molar-refractivity contribution in [2.45, 2.75) is 12.8 Å². The van der Waals surface area contributed by atoms with E-state index in [0.717, 1.165) is 20.9 Å². The van der Waals surface area contributed by atoms with Crippen LogP contribution in [0.5, 0.6) is 0 Å². The van der Waals surface area contributed by atoms with Gasteiger partial charge >= 0.3 is 0 Å². The molecular weight excluding hydrogens is 278 g/mol. The number of nitrogen functional groups attached to an aromatic ring is 1. The molecular formula is C17H17N3S. The summed E-state index contributed by atoms with van der Waals surface area (Å²) in [5.74, 6) is 0. The highest BCUT2D eigenvalue weighted by Crippen LogP contribution is 2.33. The summed E-state index contributed by atoms with van der Waals surface area (Å²) in [6, 6.07) is 14.6. The summed E-state index contributed by atoms with van der Waals surface area (Å²) in [5.41, 5.74) is 10.2. The highest BCUT2D eigenvalue weighted by Gasteiger charge is 2.13. The first-order chi connectivity index (χ1) is 10.3. The van der Waals surface area contributed by atoms with E-state index in [0.29, 0.717) is 0 Å². The molecule has 0 amide bonds. The Bertz CT molecular complexity index is 788. The van der Waals surface area contributed by atoms with E-state index in [1.165, 1.54) is 37.2 Å². The van der Waals surface area contributed by atoms with Gasteiger partial charge in [-0.05, 0) is 43.2 Å². The molecule has 0 radical (unpaired) electrons. The number of anilines is 2. The Morgan fingerprint density at radius 1 is 1.05 bits per heavy atom. The van der Waals surface area contributed by atoms with Crippen LogP contribution in [-0.2, 0) is 0 Å². The minimum atomic E-state index is 0.795. The Kier molecular flexibility index (Phi) is 3.04. The molecule has 2 heterocycles. The molecule has 0 spiro atoms. The topological polar surface area (TPSA) is 42.1 Å². The molecule has 4 heteroatoms. The molecule has 0 unspecified atom stereocenters. The second-order valence-corrected chi connectivity index (χ2v) is 6.52. The molecule has 2 N–H and O–H groups in total. The number of nitrogens with two attached hydrogens (primary N) is 1. The van der Waals surface area contributed by atoms with Crippen molar-refractivity contribution in [3.05, 3.63) is 42.5 Å². The quantitative estimate of drug-likeness (QED) is 0.722. The molecule has 4 rings (SSSR count). The van der Waals surface area contributed by atoms with E-state index in [2.05, 4.69) is 29.2 Å². The van der Waals surface area contributed by atoms with E-state index in [1.54, 1.807) is 11.3 Å². The van der Waals surface area contributed by atoms with Crippen LogP contribution in [0.3, 0.4) is 0 Å². The normalized spacial score (nSPS) is 15.0.